The van der Waals surface area contributed by atoms with Crippen LogP contribution in [0.25, 0.3) is 0 Å². The lowest BCUT2D eigenvalue weighted by atomic mass is 10.4. The van der Waals surface area contributed by atoms with Gasteiger partial charge in [-0.3, -0.25) is 0 Å². The molecule has 0 saturated carbocycles. The van der Waals surface area contributed by atoms with Gasteiger partial charge in [0.2, 0.25) is 0 Å². The Balaban J connectivity index is 2.73. The summed E-state index contributed by atoms with van der Waals surface area (Å²) in [5, 5.41) is 0. The van der Waals surface area contributed by atoms with Gasteiger partial charge in [0, 0.05) is 6.61 Å². The second-order valence-electron chi connectivity index (χ2n) is 2.49. The molecule has 0 rings (SSSR count). The summed E-state index contributed by atoms with van der Waals surface area (Å²) in [5.41, 5.74) is 0. The van der Waals surface area contributed by atoms with E-state index in [9.17, 15) is 0 Å². The van der Waals surface area contributed by atoms with Crippen molar-refractivity contribution in [3.63, 3.8) is 0 Å². The van der Waals surface area contributed by atoms with E-state index in [2.05, 4.69) is 18.8 Å². The van der Waals surface area contributed by atoms with Crippen LogP contribution in [0.15, 0.2) is 0 Å². The average molecular weight is 175 g/mol. The molecular formula is C9H19O3. The van der Waals surface area contributed by atoms with Crippen molar-refractivity contribution < 1.29 is 14.2 Å². The highest BCUT2D eigenvalue weighted by Gasteiger charge is 1.88. The normalized spacial score (nSPS) is 10.5. The molecule has 0 amide bonds. The molecule has 0 saturated heterocycles. The molecule has 73 valence electrons. The Bertz CT molecular complexity index is 66.2. The molecule has 0 aromatic heterocycles. The maximum Gasteiger partial charge on any atom is 0.0701 e. The van der Waals surface area contributed by atoms with Gasteiger partial charge in [-0.2, -0.15) is 0 Å². The van der Waals surface area contributed by atoms with Gasteiger partial charge >= 0.3 is 0 Å². The highest BCUT2D eigenvalue weighted by molar-refractivity contribution is 4.34. The number of hydrogen-bond acceptors (Lipinski definition) is 3. The molecule has 0 spiro atoms. The van der Waals surface area contributed by atoms with E-state index in [0.29, 0.717) is 26.4 Å². The Labute approximate surface area is 75.0 Å². The molecule has 0 fully saturated rings. The van der Waals surface area contributed by atoms with Gasteiger partial charge in [0.05, 0.1) is 33.5 Å². The zero-order valence-corrected chi connectivity index (χ0v) is 7.88. The number of rotatable bonds is 9. The van der Waals surface area contributed by atoms with Crippen molar-refractivity contribution >= 4 is 0 Å². The van der Waals surface area contributed by atoms with Crippen LogP contribution in [0.2, 0.25) is 0 Å². The van der Waals surface area contributed by atoms with E-state index in [1.807, 2.05) is 0 Å². The van der Waals surface area contributed by atoms with Crippen LogP contribution in [0.5, 0.6) is 0 Å². The highest BCUT2D eigenvalue weighted by Crippen LogP contribution is 1.87. The monoisotopic (exact) mass is 175 g/mol. The average Bonchev–Trinajstić information content (AvgIpc) is 2.10. The summed E-state index contributed by atoms with van der Waals surface area (Å²) < 4.78 is 15.0. The first-order valence-corrected chi connectivity index (χ1v) is 4.44. The third kappa shape index (κ3) is 9.88. The first-order valence-electron chi connectivity index (χ1n) is 4.44. The Morgan fingerprint density at radius 3 is 2.08 bits per heavy atom. The van der Waals surface area contributed by atoms with E-state index in [1.165, 1.54) is 6.42 Å². The molecule has 0 aromatic carbocycles. The lowest BCUT2D eigenvalue weighted by Gasteiger charge is -2.04. The van der Waals surface area contributed by atoms with Gasteiger partial charge in [-0.25, -0.2) is 0 Å². The quantitative estimate of drug-likeness (QED) is 0.498. The summed E-state index contributed by atoms with van der Waals surface area (Å²) in [4.78, 5) is 0. The van der Waals surface area contributed by atoms with Gasteiger partial charge in [0.15, 0.2) is 0 Å². The van der Waals surface area contributed by atoms with Crippen LogP contribution in [0.1, 0.15) is 19.8 Å². The van der Waals surface area contributed by atoms with Crippen LogP contribution in [0, 0.1) is 7.11 Å². The summed E-state index contributed by atoms with van der Waals surface area (Å²) >= 11 is 0. The minimum absolute atomic E-state index is 0.551. The third-order valence-electron chi connectivity index (χ3n) is 1.39. The molecule has 3 nitrogen and oxygen atoms in total. The summed E-state index contributed by atoms with van der Waals surface area (Å²) in [6, 6.07) is 0. The molecule has 0 atom stereocenters. The Hall–Kier alpha value is -0.120. The van der Waals surface area contributed by atoms with Gasteiger partial charge in [0.25, 0.3) is 0 Å². The molecule has 0 unspecified atom stereocenters. The number of hydrogen-bond donors (Lipinski definition) is 0. The lowest BCUT2D eigenvalue weighted by Crippen LogP contribution is -2.08. The van der Waals surface area contributed by atoms with Crippen LogP contribution in [-0.2, 0) is 14.2 Å². The van der Waals surface area contributed by atoms with Gasteiger partial charge in [-0.05, 0) is 6.42 Å². The number of unbranched alkanes of at least 4 members (excludes halogenated alkanes) is 1. The molecular weight excluding hydrogens is 156 g/mol. The Morgan fingerprint density at radius 2 is 1.50 bits per heavy atom. The minimum atomic E-state index is 0.551. The first-order chi connectivity index (χ1) is 5.91. The van der Waals surface area contributed by atoms with E-state index < -0.39 is 0 Å². The van der Waals surface area contributed by atoms with Crippen molar-refractivity contribution in [2.45, 2.75) is 19.8 Å². The fourth-order valence-electron chi connectivity index (χ4n) is 0.686. The number of ether oxygens (including phenoxy) is 3. The summed E-state index contributed by atoms with van der Waals surface area (Å²) in [6.07, 6.45) is 2.30. The van der Waals surface area contributed by atoms with Crippen molar-refractivity contribution in [3.8, 4) is 0 Å². The third-order valence-corrected chi connectivity index (χ3v) is 1.39. The van der Waals surface area contributed by atoms with Gasteiger partial charge in [-0.1, -0.05) is 13.3 Å². The lowest BCUT2D eigenvalue weighted by molar-refractivity contribution is 0.0291. The summed E-state index contributed by atoms with van der Waals surface area (Å²) in [5.74, 6) is 0. The van der Waals surface area contributed by atoms with E-state index >= 15 is 0 Å². The van der Waals surface area contributed by atoms with Crippen LogP contribution in [0.3, 0.4) is 0 Å². The molecule has 3 heteroatoms. The predicted octanol–water partition coefficient (Wildman–Crippen LogP) is 1.63. The largest absolute Gasteiger partial charge is 0.379 e. The predicted molar refractivity (Wildman–Crippen MR) is 47.9 cm³/mol. The zero-order valence-electron chi connectivity index (χ0n) is 7.88. The Kier molecular flexibility index (Phi) is 10.8. The molecule has 0 bridgehead atoms. The van der Waals surface area contributed by atoms with Crippen LogP contribution < -0.4 is 0 Å². The molecule has 0 heterocycles. The fourth-order valence-corrected chi connectivity index (χ4v) is 0.686. The second kappa shape index (κ2) is 10.9. The zero-order chi connectivity index (χ0) is 9.07. The van der Waals surface area contributed by atoms with Crippen molar-refractivity contribution in [3.05, 3.63) is 7.11 Å². The van der Waals surface area contributed by atoms with Gasteiger partial charge < -0.3 is 14.2 Å². The second-order valence-corrected chi connectivity index (χ2v) is 2.49. The minimum Gasteiger partial charge on any atom is -0.379 e. The topological polar surface area (TPSA) is 27.7 Å². The highest BCUT2D eigenvalue weighted by atomic mass is 16.5. The summed E-state index contributed by atoms with van der Waals surface area (Å²) in [6.45, 7) is 5.46. The maximum absolute atomic E-state index is 5.27. The SMILES string of the molecule is [CH2]OCCOCCOCCCC. The molecule has 0 aliphatic heterocycles. The Morgan fingerprint density at radius 1 is 0.917 bits per heavy atom. The van der Waals surface area contributed by atoms with Gasteiger partial charge in [-0.15, -0.1) is 0 Å². The fraction of sp³-hybridized carbons (Fsp3) is 0.889. The van der Waals surface area contributed by atoms with Crippen LogP contribution in [0.4, 0.5) is 0 Å². The standard InChI is InChI=1S/C9H19O3/c1-3-4-5-11-8-9-12-7-6-10-2/h2-9H2,1H3. The smallest absolute Gasteiger partial charge is 0.0701 e. The van der Waals surface area contributed by atoms with E-state index in [1.54, 1.807) is 0 Å². The van der Waals surface area contributed by atoms with Crippen molar-refractivity contribution in [2.24, 2.45) is 0 Å². The van der Waals surface area contributed by atoms with Crippen molar-refractivity contribution in [2.75, 3.05) is 33.0 Å². The van der Waals surface area contributed by atoms with E-state index in [-0.39, 0.29) is 0 Å². The molecule has 0 aliphatic carbocycles. The molecule has 12 heavy (non-hydrogen) atoms. The van der Waals surface area contributed by atoms with Crippen molar-refractivity contribution in [1.82, 2.24) is 0 Å². The maximum atomic E-state index is 5.27. The molecule has 1 radical (unpaired) electrons. The van der Waals surface area contributed by atoms with Crippen LogP contribution >= 0.6 is 0 Å². The van der Waals surface area contributed by atoms with E-state index in [4.69, 9.17) is 9.47 Å². The first kappa shape index (κ1) is 11.9. The molecule has 0 aliphatic rings. The van der Waals surface area contributed by atoms with Crippen LogP contribution in [-0.4, -0.2) is 33.0 Å². The molecule has 0 aromatic rings. The van der Waals surface area contributed by atoms with Gasteiger partial charge in [0.1, 0.15) is 0 Å². The van der Waals surface area contributed by atoms with Crippen molar-refractivity contribution in [1.29, 1.82) is 0 Å². The summed E-state index contributed by atoms with van der Waals surface area (Å²) in [7, 11) is 3.23. The molecule has 0 N–H and O–H groups in total. The van der Waals surface area contributed by atoms with E-state index in [0.717, 1.165) is 13.0 Å².